The molecule has 0 saturated carbocycles. The average molecular weight is 353 g/mol. The number of methoxy groups -OCH3 is 1. The molecule has 134 valence electrons. The molecule has 0 unspecified atom stereocenters. The molecule has 5 nitrogen and oxygen atoms in total. The minimum Gasteiger partial charge on any atom is -0.480 e. The van der Waals surface area contributed by atoms with Crippen molar-refractivity contribution in [1.29, 1.82) is 0 Å². The van der Waals surface area contributed by atoms with Crippen LogP contribution in [0.3, 0.4) is 0 Å². The standard InChI is InChI=1S/C17H18F3N3O2/c1-25-16-7-6-11(21-22-16)9-23-10-12(24)8-15(23)13-4-2-3-5-14(13)17(18,19)20/h2-7,12,15,24H,8-10H2,1H3/t12-,15+/m0/s1. The number of benzene rings is 1. The van der Waals surface area contributed by atoms with Crippen molar-refractivity contribution in [2.24, 2.45) is 0 Å². The summed E-state index contributed by atoms with van der Waals surface area (Å²) in [5.41, 5.74) is 0.109. The molecule has 1 N–H and O–H groups in total. The van der Waals surface area contributed by atoms with Gasteiger partial charge in [0.2, 0.25) is 5.88 Å². The van der Waals surface area contributed by atoms with Gasteiger partial charge in [0.1, 0.15) is 0 Å². The Balaban J connectivity index is 1.87. The summed E-state index contributed by atoms with van der Waals surface area (Å²) < 4.78 is 44.9. The van der Waals surface area contributed by atoms with Gasteiger partial charge in [-0.05, 0) is 24.1 Å². The third-order valence-corrected chi connectivity index (χ3v) is 4.28. The van der Waals surface area contributed by atoms with Crippen LogP contribution in [0.4, 0.5) is 13.2 Å². The molecule has 2 aromatic rings. The monoisotopic (exact) mass is 353 g/mol. The van der Waals surface area contributed by atoms with Gasteiger partial charge in [-0.15, -0.1) is 5.10 Å². The molecule has 8 heteroatoms. The van der Waals surface area contributed by atoms with Crippen molar-refractivity contribution in [3.63, 3.8) is 0 Å². The Morgan fingerprint density at radius 2 is 1.96 bits per heavy atom. The molecule has 0 radical (unpaired) electrons. The Hall–Kier alpha value is -2.19. The van der Waals surface area contributed by atoms with E-state index >= 15 is 0 Å². The van der Waals surface area contributed by atoms with Gasteiger partial charge in [-0.25, -0.2) is 0 Å². The fourth-order valence-corrected chi connectivity index (χ4v) is 3.17. The summed E-state index contributed by atoms with van der Waals surface area (Å²) in [7, 11) is 1.48. The largest absolute Gasteiger partial charge is 0.480 e. The SMILES string of the molecule is COc1ccc(CN2C[C@@H](O)C[C@@H]2c2ccccc2C(F)(F)F)nn1. The van der Waals surface area contributed by atoms with Crippen LogP contribution >= 0.6 is 0 Å². The van der Waals surface area contributed by atoms with Crippen molar-refractivity contribution in [1.82, 2.24) is 15.1 Å². The van der Waals surface area contributed by atoms with Crippen molar-refractivity contribution in [2.75, 3.05) is 13.7 Å². The van der Waals surface area contributed by atoms with Gasteiger partial charge in [0.25, 0.3) is 0 Å². The smallest absolute Gasteiger partial charge is 0.416 e. The van der Waals surface area contributed by atoms with E-state index in [9.17, 15) is 18.3 Å². The summed E-state index contributed by atoms with van der Waals surface area (Å²) in [5.74, 6) is 0.365. The van der Waals surface area contributed by atoms with E-state index in [1.54, 1.807) is 23.1 Å². The van der Waals surface area contributed by atoms with E-state index in [0.29, 0.717) is 18.1 Å². The number of aromatic nitrogens is 2. The van der Waals surface area contributed by atoms with E-state index in [1.165, 1.54) is 19.2 Å². The quantitative estimate of drug-likeness (QED) is 0.916. The van der Waals surface area contributed by atoms with Crippen LogP contribution in [0.15, 0.2) is 36.4 Å². The van der Waals surface area contributed by atoms with Crippen molar-refractivity contribution < 1.29 is 23.0 Å². The number of hydrogen-bond donors (Lipinski definition) is 1. The van der Waals surface area contributed by atoms with E-state index in [4.69, 9.17) is 4.74 Å². The van der Waals surface area contributed by atoms with Crippen LogP contribution in [0, 0.1) is 0 Å². The maximum atomic E-state index is 13.3. The molecular formula is C17H18F3N3O2. The second-order valence-corrected chi connectivity index (χ2v) is 5.99. The Bertz CT molecular complexity index is 722. The predicted octanol–water partition coefficient (Wildman–Crippen LogP) is 2.81. The summed E-state index contributed by atoms with van der Waals surface area (Å²) in [5, 5.41) is 17.9. The second-order valence-electron chi connectivity index (χ2n) is 5.99. The minimum absolute atomic E-state index is 0.174. The third kappa shape index (κ3) is 3.91. The van der Waals surface area contributed by atoms with E-state index in [0.717, 1.165) is 6.07 Å². The van der Waals surface area contributed by atoms with Crippen LogP contribution in [-0.4, -0.2) is 40.0 Å². The van der Waals surface area contributed by atoms with Crippen molar-refractivity contribution in [3.05, 3.63) is 53.2 Å². The lowest BCUT2D eigenvalue weighted by Gasteiger charge is -2.26. The fraction of sp³-hybridized carbons (Fsp3) is 0.412. The number of nitrogens with zero attached hydrogens (tertiary/aromatic N) is 3. The number of β-amino-alcohol motifs (C(OH)–C–C–N with tert-alkyl or cyclic N) is 1. The molecule has 1 aliphatic rings. The van der Waals surface area contributed by atoms with Gasteiger partial charge in [0, 0.05) is 25.2 Å². The van der Waals surface area contributed by atoms with Gasteiger partial charge in [-0.2, -0.15) is 18.3 Å². The highest BCUT2D eigenvalue weighted by Gasteiger charge is 2.39. The highest BCUT2D eigenvalue weighted by Crippen LogP contribution is 2.40. The van der Waals surface area contributed by atoms with Crippen molar-refractivity contribution >= 4 is 0 Å². The number of aliphatic hydroxyl groups is 1. The second kappa shape index (κ2) is 6.97. The topological polar surface area (TPSA) is 58.5 Å². The first-order chi connectivity index (χ1) is 11.9. The summed E-state index contributed by atoms with van der Waals surface area (Å²) in [4.78, 5) is 1.80. The summed E-state index contributed by atoms with van der Waals surface area (Å²) in [6.07, 6.45) is -4.87. The summed E-state index contributed by atoms with van der Waals surface area (Å²) in [6.45, 7) is 0.579. The lowest BCUT2D eigenvalue weighted by atomic mass is 9.97. The summed E-state index contributed by atoms with van der Waals surface area (Å²) >= 11 is 0. The molecular weight excluding hydrogens is 335 g/mol. The van der Waals surface area contributed by atoms with Gasteiger partial charge in [-0.1, -0.05) is 18.2 Å². The van der Waals surface area contributed by atoms with Crippen molar-refractivity contribution in [3.8, 4) is 5.88 Å². The molecule has 1 aromatic carbocycles. The maximum absolute atomic E-state index is 13.3. The zero-order valence-corrected chi connectivity index (χ0v) is 13.6. The van der Waals surface area contributed by atoms with Gasteiger partial charge < -0.3 is 9.84 Å². The molecule has 2 atom stereocenters. The van der Waals surface area contributed by atoms with Crippen LogP contribution in [-0.2, 0) is 12.7 Å². The molecule has 25 heavy (non-hydrogen) atoms. The number of halogens is 3. The Morgan fingerprint density at radius 3 is 2.60 bits per heavy atom. The highest BCUT2D eigenvalue weighted by molar-refractivity contribution is 5.33. The van der Waals surface area contributed by atoms with Gasteiger partial charge in [0.05, 0.1) is 24.5 Å². The fourth-order valence-electron chi connectivity index (χ4n) is 3.17. The molecule has 1 fully saturated rings. The van der Waals surface area contributed by atoms with Crippen LogP contribution in [0.2, 0.25) is 0 Å². The lowest BCUT2D eigenvalue weighted by molar-refractivity contribution is -0.138. The molecule has 3 rings (SSSR count). The first-order valence-electron chi connectivity index (χ1n) is 7.83. The first-order valence-corrected chi connectivity index (χ1v) is 7.83. The molecule has 0 amide bonds. The number of aliphatic hydroxyl groups excluding tert-OH is 1. The zero-order valence-electron chi connectivity index (χ0n) is 13.6. The normalized spacial score (nSPS) is 21.5. The molecule has 0 bridgehead atoms. The number of likely N-dealkylation sites (tertiary alicyclic amines) is 1. The average Bonchev–Trinajstić information content (AvgIpc) is 2.95. The van der Waals surface area contributed by atoms with Crippen LogP contribution < -0.4 is 4.74 Å². The van der Waals surface area contributed by atoms with Crippen LogP contribution in [0.25, 0.3) is 0 Å². The van der Waals surface area contributed by atoms with Crippen LogP contribution in [0.1, 0.15) is 29.3 Å². The first kappa shape index (κ1) is 17.6. The Morgan fingerprint density at radius 1 is 1.20 bits per heavy atom. The number of rotatable bonds is 4. The number of ether oxygens (including phenoxy) is 1. The maximum Gasteiger partial charge on any atom is 0.416 e. The van der Waals surface area contributed by atoms with Gasteiger partial charge >= 0.3 is 6.18 Å². The lowest BCUT2D eigenvalue weighted by Crippen LogP contribution is -2.26. The Kier molecular flexibility index (Phi) is 4.91. The van der Waals surface area contributed by atoms with E-state index in [1.807, 2.05) is 0 Å². The van der Waals surface area contributed by atoms with Gasteiger partial charge in [0.15, 0.2) is 0 Å². The summed E-state index contributed by atoms with van der Waals surface area (Å²) in [6, 6.07) is 8.33. The molecule has 0 spiro atoms. The van der Waals surface area contributed by atoms with E-state index < -0.39 is 23.9 Å². The zero-order chi connectivity index (χ0) is 18.0. The number of hydrogen-bond acceptors (Lipinski definition) is 5. The molecule has 1 saturated heterocycles. The number of alkyl halides is 3. The molecule has 1 aromatic heterocycles. The third-order valence-electron chi connectivity index (χ3n) is 4.28. The highest BCUT2D eigenvalue weighted by atomic mass is 19.4. The van der Waals surface area contributed by atoms with Crippen LogP contribution in [0.5, 0.6) is 5.88 Å². The van der Waals surface area contributed by atoms with Gasteiger partial charge in [-0.3, -0.25) is 4.90 Å². The minimum atomic E-state index is -4.43. The molecule has 1 aliphatic heterocycles. The Labute approximate surface area is 143 Å². The van der Waals surface area contributed by atoms with E-state index in [2.05, 4.69) is 10.2 Å². The van der Waals surface area contributed by atoms with Crippen molar-refractivity contribution in [2.45, 2.75) is 31.3 Å². The van der Waals surface area contributed by atoms with E-state index in [-0.39, 0.29) is 18.5 Å². The predicted molar refractivity (Wildman–Crippen MR) is 83.8 cm³/mol. The molecule has 2 heterocycles. The molecule has 0 aliphatic carbocycles.